The minimum Gasteiger partial charge on any atom is -0.274 e. The van der Waals surface area contributed by atoms with Gasteiger partial charge >= 0.3 is 0 Å². The molecular formula is C7H11NS. The Hall–Kier alpha value is -0.210. The van der Waals surface area contributed by atoms with Crippen molar-refractivity contribution in [2.75, 3.05) is 0 Å². The van der Waals surface area contributed by atoms with Gasteiger partial charge in [0.15, 0.2) is 0 Å². The number of rotatable bonds is 1. The molecule has 0 aromatic rings. The maximum absolute atomic E-state index is 5.35. The average molecular weight is 141 g/mol. The van der Waals surface area contributed by atoms with Crippen molar-refractivity contribution in [3.8, 4) is 0 Å². The maximum atomic E-state index is 5.35. The molecule has 2 N–H and O–H groups in total. The second kappa shape index (κ2) is 3.08. The van der Waals surface area contributed by atoms with Gasteiger partial charge in [-0.2, -0.15) is 0 Å². The first kappa shape index (κ1) is 6.90. The van der Waals surface area contributed by atoms with Gasteiger partial charge in [-0.1, -0.05) is 25.2 Å². The molecule has 0 heterocycles. The molecule has 0 saturated heterocycles. The monoisotopic (exact) mass is 141 g/mol. The Balaban J connectivity index is 2.52. The van der Waals surface area contributed by atoms with Crippen molar-refractivity contribution in [2.24, 2.45) is 11.1 Å². The van der Waals surface area contributed by atoms with Crippen LogP contribution in [0.1, 0.15) is 13.3 Å². The van der Waals surface area contributed by atoms with E-state index in [-0.39, 0.29) is 0 Å². The Morgan fingerprint density at radius 3 is 3.00 bits per heavy atom. The third-order valence-electron chi connectivity index (χ3n) is 1.42. The summed E-state index contributed by atoms with van der Waals surface area (Å²) in [5.41, 5.74) is 0. The fourth-order valence-corrected chi connectivity index (χ4v) is 1.14. The van der Waals surface area contributed by atoms with Gasteiger partial charge in [0, 0.05) is 4.91 Å². The molecule has 0 radical (unpaired) electrons. The molecule has 0 amide bonds. The zero-order chi connectivity index (χ0) is 6.69. The summed E-state index contributed by atoms with van der Waals surface area (Å²) >= 11 is 1.32. The van der Waals surface area contributed by atoms with E-state index >= 15 is 0 Å². The predicted molar refractivity (Wildman–Crippen MR) is 42.8 cm³/mol. The van der Waals surface area contributed by atoms with Crippen LogP contribution in [0.25, 0.3) is 0 Å². The molecule has 1 aliphatic carbocycles. The maximum Gasteiger partial charge on any atom is 0.0183 e. The van der Waals surface area contributed by atoms with Gasteiger partial charge in [-0.15, -0.1) is 0 Å². The highest BCUT2D eigenvalue weighted by atomic mass is 32.2. The molecular weight excluding hydrogens is 130 g/mol. The van der Waals surface area contributed by atoms with E-state index in [1.165, 1.54) is 16.9 Å². The third kappa shape index (κ3) is 1.88. The molecule has 0 spiro atoms. The first-order valence-corrected chi connectivity index (χ1v) is 3.96. The number of nitrogens with two attached hydrogens (primary N) is 1. The zero-order valence-electron chi connectivity index (χ0n) is 5.50. The smallest absolute Gasteiger partial charge is 0.0183 e. The van der Waals surface area contributed by atoms with E-state index in [0.29, 0.717) is 5.92 Å². The van der Waals surface area contributed by atoms with Crippen LogP contribution in [0.15, 0.2) is 23.1 Å². The van der Waals surface area contributed by atoms with Gasteiger partial charge in [-0.3, -0.25) is 5.14 Å². The first-order valence-electron chi connectivity index (χ1n) is 3.08. The predicted octanol–water partition coefficient (Wildman–Crippen LogP) is 2.07. The second-order valence-electron chi connectivity index (χ2n) is 2.30. The van der Waals surface area contributed by atoms with Gasteiger partial charge < -0.3 is 0 Å². The molecule has 1 aliphatic rings. The Kier molecular flexibility index (Phi) is 2.37. The van der Waals surface area contributed by atoms with Crippen LogP contribution >= 0.6 is 11.9 Å². The highest BCUT2D eigenvalue weighted by Crippen LogP contribution is 2.20. The molecule has 1 atom stereocenters. The minimum absolute atomic E-state index is 0.695. The molecule has 0 aromatic carbocycles. The normalized spacial score (nSPS) is 26.0. The van der Waals surface area contributed by atoms with Gasteiger partial charge in [-0.25, -0.2) is 0 Å². The summed E-state index contributed by atoms with van der Waals surface area (Å²) in [6, 6.07) is 0. The molecule has 0 saturated carbocycles. The lowest BCUT2D eigenvalue weighted by Crippen LogP contribution is -1.93. The lowest BCUT2D eigenvalue weighted by Gasteiger charge is -2.08. The van der Waals surface area contributed by atoms with Crippen LogP contribution in [0, 0.1) is 5.92 Å². The number of hydrogen-bond acceptors (Lipinski definition) is 2. The molecule has 1 unspecified atom stereocenters. The molecule has 1 nitrogen and oxygen atoms in total. The Morgan fingerprint density at radius 1 is 1.78 bits per heavy atom. The summed E-state index contributed by atoms with van der Waals surface area (Å²) in [7, 11) is 0. The van der Waals surface area contributed by atoms with E-state index in [9.17, 15) is 0 Å². The summed E-state index contributed by atoms with van der Waals surface area (Å²) in [6.45, 7) is 2.20. The van der Waals surface area contributed by atoms with Crippen LogP contribution in [0.5, 0.6) is 0 Å². The fourth-order valence-electron chi connectivity index (χ4n) is 0.795. The van der Waals surface area contributed by atoms with Crippen LogP contribution in [0.2, 0.25) is 0 Å². The topological polar surface area (TPSA) is 26.0 Å². The molecule has 0 fully saturated rings. The van der Waals surface area contributed by atoms with Crippen LogP contribution in [-0.4, -0.2) is 0 Å². The van der Waals surface area contributed by atoms with Crippen molar-refractivity contribution in [3.05, 3.63) is 23.1 Å². The molecule has 50 valence electrons. The van der Waals surface area contributed by atoms with Crippen LogP contribution in [0.4, 0.5) is 0 Å². The largest absolute Gasteiger partial charge is 0.274 e. The number of hydrogen-bond donors (Lipinski definition) is 1. The van der Waals surface area contributed by atoms with Gasteiger partial charge in [0.1, 0.15) is 0 Å². The molecule has 0 aliphatic heterocycles. The van der Waals surface area contributed by atoms with Crippen molar-refractivity contribution in [3.63, 3.8) is 0 Å². The van der Waals surface area contributed by atoms with Crippen LogP contribution in [-0.2, 0) is 0 Å². The Morgan fingerprint density at radius 2 is 2.56 bits per heavy atom. The van der Waals surface area contributed by atoms with Crippen molar-refractivity contribution in [2.45, 2.75) is 13.3 Å². The molecule has 1 rings (SSSR count). The SMILES string of the molecule is CC1C=CC(SN)=CC1. The van der Waals surface area contributed by atoms with Crippen molar-refractivity contribution < 1.29 is 0 Å². The lowest BCUT2D eigenvalue weighted by molar-refractivity contribution is 0.735. The Labute approximate surface area is 60.1 Å². The summed E-state index contributed by atoms with van der Waals surface area (Å²) in [4.78, 5) is 1.19. The quantitative estimate of drug-likeness (QED) is 0.566. The van der Waals surface area contributed by atoms with Gasteiger partial charge in [0.2, 0.25) is 0 Å². The van der Waals surface area contributed by atoms with Crippen molar-refractivity contribution >= 4 is 11.9 Å². The van der Waals surface area contributed by atoms with E-state index in [1.54, 1.807) is 0 Å². The van der Waals surface area contributed by atoms with Gasteiger partial charge in [0.25, 0.3) is 0 Å². The average Bonchev–Trinajstić information content (AvgIpc) is 1.90. The molecule has 9 heavy (non-hydrogen) atoms. The lowest BCUT2D eigenvalue weighted by atomic mass is 10.0. The van der Waals surface area contributed by atoms with E-state index in [4.69, 9.17) is 5.14 Å². The molecule has 0 aromatic heterocycles. The summed E-state index contributed by atoms with van der Waals surface area (Å²) in [6.07, 6.45) is 7.58. The van der Waals surface area contributed by atoms with E-state index in [0.717, 1.165) is 6.42 Å². The van der Waals surface area contributed by atoms with E-state index in [1.807, 2.05) is 0 Å². The van der Waals surface area contributed by atoms with E-state index in [2.05, 4.69) is 25.2 Å². The van der Waals surface area contributed by atoms with E-state index < -0.39 is 0 Å². The van der Waals surface area contributed by atoms with Crippen molar-refractivity contribution in [1.82, 2.24) is 0 Å². The van der Waals surface area contributed by atoms with Crippen LogP contribution < -0.4 is 5.14 Å². The van der Waals surface area contributed by atoms with Crippen LogP contribution in [0.3, 0.4) is 0 Å². The third-order valence-corrected chi connectivity index (χ3v) is 1.99. The second-order valence-corrected chi connectivity index (χ2v) is 3.00. The van der Waals surface area contributed by atoms with Gasteiger partial charge in [0.05, 0.1) is 0 Å². The summed E-state index contributed by atoms with van der Waals surface area (Å²) in [5.74, 6) is 0.695. The first-order chi connectivity index (χ1) is 4.33. The molecule has 2 heteroatoms. The summed E-state index contributed by atoms with van der Waals surface area (Å²) in [5, 5.41) is 5.35. The van der Waals surface area contributed by atoms with Gasteiger partial charge in [-0.05, 0) is 24.3 Å². The fraction of sp³-hybridized carbons (Fsp3) is 0.429. The standard InChI is InChI=1S/C7H11NS/c1-6-2-4-7(9-8)5-3-6/h2,4-6H,3,8H2,1H3. The summed E-state index contributed by atoms with van der Waals surface area (Å²) < 4.78 is 0. The van der Waals surface area contributed by atoms with Crippen molar-refractivity contribution in [1.29, 1.82) is 0 Å². The minimum atomic E-state index is 0.695. The number of allylic oxidation sites excluding steroid dienone is 3. The molecule has 0 bridgehead atoms. The Bertz CT molecular complexity index is 149. The zero-order valence-corrected chi connectivity index (χ0v) is 6.32. The highest BCUT2D eigenvalue weighted by Gasteiger charge is 2.00. The highest BCUT2D eigenvalue weighted by molar-refractivity contribution is 8.01.